The molecule has 2 heterocycles. The van der Waals surface area contributed by atoms with Gasteiger partial charge in [-0.3, -0.25) is 4.79 Å². The Morgan fingerprint density at radius 2 is 2.17 bits per heavy atom. The first-order chi connectivity index (χ1) is 8.74. The fraction of sp³-hybridized carbons (Fsp3) is 0.692. The molecule has 2 N–H and O–H groups in total. The van der Waals surface area contributed by atoms with E-state index in [-0.39, 0.29) is 5.56 Å². The molecule has 0 bridgehead atoms. The van der Waals surface area contributed by atoms with E-state index in [4.69, 9.17) is 0 Å². The first-order valence-corrected chi connectivity index (χ1v) is 6.74. The number of aromatic amines is 1. The minimum absolute atomic E-state index is 0.153. The van der Waals surface area contributed by atoms with Gasteiger partial charge >= 0.3 is 0 Å². The largest absolute Gasteiger partial charge is 0.307 e. The van der Waals surface area contributed by atoms with Crippen molar-refractivity contribution in [2.75, 3.05) is 19.6 Å². The van der Waals surface area contributed by atoms with Gasteiger partial charge in [0, 0.05) is 25.2 Å². The number of hydrogen-bond acceptors (Lipinski definition) is 4. The third kappa shape index (κ3) is 4.23. The lowest BCUT2D eigenvalue weighted by Crippen LogP contribution is -2.41. The van der Waals surface area contributed by atoms with E-state index < -0.39 is 0 Å². The van der Waals surface area contributed by atoms with Crippen molar-refractivity contribution in [3.8, 4) is 0 Å². The molecule has 1 aliphatic heterocycles. The molecule has 0 amide bonds. The quantitative estimate of drug-likeness (QED) is 0.809. The Kier molecular flexibility index (Phi) is 4.90. The molecule has 1 atom stereocenters. The highest BCUT2D eigenvalue weighted by Crippen LogP contribution is 2.08. The molecule has 1 fully saturated rings. The maximum absolute atomic E-state index is 10.9. The van der Waals surface area contributed by atoms with Crippen molar-refractivity contribution in [1.82, 2.24) is 20.4 Å². The van der Waals surface area contributed by atoms with Gasteiger partial charge in [0.25, 0.3) is 5.56 Å². The summed E-state index contributed by atoms with van der Waals surface area (Å²) in [4.78, 5) is 13.4. The Morgan fingerprint density at radius 1 is 1.39 bits per heavy atom. The molecule has 1 aromatic heterocycles. The average Bonchev–Trinajstić information content (AvgIpc) is 2.39. The summed E-state index contributed by atoms with van der Waals surface area (Å²) in [5.74, 6) is 0. The first-order valence-electron chi connectivity index (χ1n) is 6.74. The van der Waals surface area contributed by atoms with Gasteiger partial charge < -0.3 is 10.2 Å². The number of nitrogens with one attached hydrogen (secondary N) is 2. The van der Waals surface area contributed by atoms with Crippen LogP contribution in [0.25, 0.3) is 0 Å². The predicted octanol–water partition coefficient (Wildman–Crippen LogP) is 0.734. The van der Waals surface area contributed by atoms with Crippen molar-refractivity contribution in [3.05, 3.63) is 28.2 Å². The highest BCUT2D eigenvalue weighted by molar-refractivity contribution is 4.99. The molecule has 0 aliphatic carbocycles. The predicted molar refractivity (Wildman–Crippen MR) is 71.5 cm³/mol. The molecule has 0 saturated carbocycles. The van der Waals surface area contributed by atoms with Gasteiger partial charge in [0.2, 0.25) is 0 Å². The van der Waals surface area contributed by atoms with Gasteiger partial charge in [0.1, 0.15) is 0 Å². The van der Waals surface area contributed by atoms with Crippen molar-refractivity contribution in [2.45, 2.75) is 38.8 Å². The van der Waals surface area contributed by atoms with Gasteiger partial charge in [-0.1, -0.05) is 6.42 Å². The second kappa shape index (κ2) is 6.66. The molecule has 1 aliphatic rings. The lowest BCUT2D eigenvalue weighted by Gasteiger charge is -2.29. The van der Waals surface area contributed by atoms with Gasteiger partial charge in [0.15, 0.2) is 0 Å². The zero-order valence-corrected chi connectivity index (χ0v) is 11.0. The number of likely N-dealkylation sites (tertiary alicyclic amines) is 1. The smallest absolute Gasteiger partial charge is 0.264 e. The Labute approximate surface area is 108 Å². The van der Waals surface area contributed by atoms with Crippen LogP contribution in [0.15, 0.2) is 16.9 Å². The highest BCUT2D eigenvalue weighted by atomic mass is 16.1. The van der Waals surface area contributed by atoms with E-state index in [2.05, 4.69) is 27.3 Å². The van der Waals surface area contributed by atoms with Crippen LogP contribution in [0.2, 0.25) is 0 Å². The maximum atomic E-state index is 10.9. The second-order valence-corrected chi connectivity index (χ2v) is 5.06. The molecule has 1 saturated heterocycles. The summed E-state index contributed by atoms with van der Waals surface area (Å²) < 4.78 is 0. The van der Waals surface area contributed by atoms with E-state index in [1.165, 1.54) is 38.4 Å². The van der Waals surface area contributed by atoms with Crippen molar-refractivity contribution in [2.24, 2.45) is 0 Å². The Bertz CT molecular complexity index is 391. The van der Waals surface area contributed by atoms with E-state index in [9.17, 15) is 4.79 Å². The van der Waals surface area contributed by atoms with Gasteiger partial charge in [-0.05, 0) is 38.9 Å². The summed E-state index contributed by atoms with van der Waals surface area (Å²) in [7, 11) is 0. The average molecular weight is 250 g/mol. The molecule has 5 nitrogen and oxygen atoms in total. The molecule has 100 valence electrons. The van der Waals surface area contributed by atoms with E-state index in [1.807, 2.05) is 0 Å². The number of aromatic nitrogens is 2. The topological polar surface area (TPSA) is 61.0 Å². The summed E-state index contributed by atoms with van der Waals surface area (Å²) in [6, 6.07) is 3.72. The molecule has 0 aromatic carbocycles. The van der Waals surface area contributed by atoms with Gasteiger partial charge in [-0.15, -0.1) is 0 Å². The summed E-state index contributed by atoms with van der Waals surface area (Å²) in [6.45, 7) is 6.43. The van der Waals surface area contributed by atoms with Crippen LogP contribution >= 0.6 is 0 Å². The lowest BCUT2D eigenvalue weighted by molar-refractivity contribution is 0.208. The summed E-state index contributed by atoms with van der Waals surface area (Å²) in [5.41, 5.74) is 0.722. The minimum Gasteiger partial charge on any atom is -0.307 e. The SMILES string of the molecule is CC(CN1CCCCC1)NCc1ccc(=O)[nH]n1. The maximum Gasteiger partial charge on any atom is 0.264 e. The molecule has 1 aromatic rings. The van der Waals surface area contributed by atoms with Crippen LogP contribution < -0.4 is 10.9 Å². The molecular formula is C13H22N4O. The number of nitrogens with zero attached hydrogens (tertiary/aromatic N) is 2. The molecule has 18 heavy (non-hydrogen) atoms. The molecule has 0 spiro atoms. The Balaban J connectivity index is 1.72. The Morgan fingerprint density at radius 3 is 2.83 bits per heavy atom. The Hall–Kier alpha value is -1.20. The van der Waals surface area contributed by atoms with E-state index in [0.717, 1.165) is 12.2 Å². The zero-order valence-electron chi connectivity index (χ0n) is 11.0. The monoisotopic (exact) mass is 250 g/mol. The van der Waals surface area contributed by atoms with Gasteiger partial charge in [-0.25, -0.2) is 5.10 Å². The number of H-pyrrole nitrogens is 1. The summed E-state index contributed by atoms with van der Waals surface area (Å²) in [5, 5.41) is 9.87. The fourth-order valence-electron chi connectivity index (χ4n) is 2.34. The van der Waals surface area contributed by atoms with E-state index in [1.54, 1.807) is 6.07 Å². The van der Waals surface area contributed by atoms with Crippen LogP contribution in [0, 0.1) is 0 Å². The molecular weight excluding hydrogens is 228 g/mol. The zero-order chi connectivity index (χ0) is 12.8. The van der Waals surface area contributed by atoms with Crippen LogP contribution in [0.1, 0.15) is 31.9 Å². The summed E-state index contributed by atoms with van der Waals surface area (Å²) in [6.07, 6.45) is 4.03. The van der Waals surface area contributed by atoms with Crippen molar-refractivity contribution >= 4 is 0 Å². The highest BCUT2D eigenvalue weighted by Gasteiger charge is 2.12. The molecule has 2 rings (SSSR count). The van der Waals surface area contributed by atoms with Crippen LogP contribution in [0.4, 0.5) is 0 Å². The van der Waals surface area contributed by atoms with Crippen LogP contribution in [-0.4, -0.2) is 40.8 Å². The van der Waals surface area contributed by atoms with Crippen molar-refractivity contribution in [1.29, 1.82) is 0 Å². The van der Waals surface area contributed by atoms with Crippen molar-refractivity contribution in [3.63, 3.8) is 0 Å². The fourth-order valence-corrected chi connectivity index (χ4v) is 2.34. The number of hydrogen-bond donors (Lipinski definition) is 2. The lowest BCUT2D eigenvalue weighted by atomic mass is 10.1. The van der Waals surface area contributed by atoms with E-state index in [0.29, 0.717) is 12.6 Å². The van der Waals surface area contributed by atoms with Crippen molar-refractivity contribution < 1.29 is 0 Å². The normalized spacial score (nSPS) is 18.7. The van der Waals surface area contributed by atoms with E-state index >= 15 is 0 Å². The first kappa shape index (κ1) is 13.2. The third-order valence-electron chi connectivity index (χ3n) is 3.35. The third-order valence-corrected chi connectivity index (χ3v) is 3.35. The van der Waals surface area contributed by atoms with Crippen LogP contribution in [0.5, 0.6) is 0 Å². The molecule has 0 radical (unpaired) electrons. The molecule has 1 unspecified atom stereocenters. The summed E-state index contributed by atoms with van der Waals surface area (Å²) >= 11 is 0. The minimum atomic E-state index is -0.153. The molecule has 5 heteroatoms. The van der Waals surface area contributed by atoms with Gasteiger partial charge in [-0.2, -0.15) is 5.10 Å². The van der Waals surface area contributed by atoms with Gasteiger partial charge in [0.05, 0.1) is 5.69 Å². The second-order valence-electron chi connectivity index (χ2n) is 5.06. The number of piperidine rings is 1. The standard InChI is InChI=1S/C13H22N4O/c1-11(10-17-7-3-2-4-8-17)14-9-12-5-6-13(18)16-15-12/h5-6,11,14H,2-4,7-10H2,1H3,(H,16,18). The van der Waals surface area contributed by atoms with Crippen LogP contribution in [0.3, 0.4) is 0 Å². The number of rotatable bonds is 5. The van der Waals surface area contributed by atoms with Crippen LogP contribution in [-0.2, 0) is 6.54 Å².